The van der Waals surface area contributed by atoms with Gasteiger partial charge < -0.3 is 15.3 Å². The molecule has 2 atom stereocenters. The summed E-state index contributed by atoms with van der Waals surface area (Å²) in [4.78, 5) is 28.3. The first kappa shape index (κ1) is 28.2. The minimum Gasteiger partial charge on any atom is -0.394 e. The van der Waals surface area contributed by atoms with Crippen LogP contribution in [0.1, 0.15) is 45.9 Å². The number of aliphatic hydroxyl groups excluding tert-OH is 1. The third kappa shape index (κ3) is 6.25. The third-order valence-electron chi connectivity index (χ3n) is 6.64. The highest BCUT2D eigenvalue weighted by molar-refractivity contribution is 6.03. The number of carbonyl (C=O) groups is 2. The molecule has 1 unspecified atom stereocenters. The van der Waals surface area contributed by atoms with E-state index < -0.39 is 47.4 Å². The van der Waals surface area contributed by atoms with Crippen molar-refractivity contribution in [3.63, 3.8) is 0 Å². The van der Waals surface area contributed by atoms with Crippen LogP contribution in [0.25, 0.3) is 11.1 Å². The molecule has 1 aliphatic heterocycles. The van der Waals surface area contributed by atoms with Crippen LogP contribution < -0.4 is 5.32 Å². The Bertz CT molecular complexity index is 1340. The maximum atomic E-state index is 13.5. The van der Waals surface area contributed by atoms with E-state index in [0.29, 0.717) is 18.4 Å². The average molecular weight is 550 g/mol. The lowest BCUT2D eigenvalue weighted by atomic mass is 9.97. The molecule has 0 bridgehead atoms. The fourth-order valence-electron chi connectivity index (χ4n) is 4.64. The number of likely N-dealkylation sites (tertiary alicyclic amines) is 1. The number of halogens is 6. The Labute approximate surface area is 220 Å². The number of alkyl halides is 6. The van der Waals surface area contributed by atoms with Gasteiger partial charge in [-0.2, -0.15) is 26.3 Å². The summed E-state index contributed by atoms with van der Waals surface area (Å²) in [7, 11) is 0. The highest BCUT2D eigenvalue weighted by Gasteiger charge is 2.37. The molecule has 206 valence electrons. The summed E-state index contributed by atoms with van der Waals surface area (Å²) in [5, 5.41) is 12.2. The summed E-state index contributed by atoms with van der Waals surface area (Å²) in [6.07, 6.45) is -8.15. The molecule has 39 heavy (non-hydrogen) atoms. The Balaban J connectivity index is 1.71. The normalized spacial score (nSPS) is 16.7. The Hall–Kier alpha value is -3.86. The topological polar surface area (TPSA) is 69.6 Å². The van der Waals surface area contributed by atoms with Crippen LogP contribution in [-0.4, -0.2) is 41.0 Å². The molecule has 0 spiro atoms. The van der Waals surface area contributed by atoms with Crippen LogP contribution in [-0.2, 0) is 17.1 Å². The zero-order chi connectivity index (χ0) is 28.4. The van der Waals surface area contributed by atoms with Crippen molar-refractivity contribution in [2.45, 2.75) is 37.3 Å². The predicted molar refractivity (Wildman–Crippen MR) is 130 cm³/mol. The molecule has 1 saturated heterocycles. The van der Waals surface area contributed by atoms with Gasteiger partial charge in [-0.15, -0.1) is 0 Å². The first-order valence-corrected chi connectivity index (χ1v) is 12.1. The molecular formula is C28H24F6N2O3. The number of nitrogens with zero attached hydrogens (tertiary/aromatic N) is 1. The van der Waals surface area contributed by atoms with Crippen molar-refractivity contribution in [1.29, 1.82) is 0 Å². The summed E-state index contributed by atoms with van der Waals surface area (Å²) in [6, 6.07) is 12.2. The molecule has 0 radical (unpaired) electrons. The smallest absolute Gasteiger partial charge is 0.394 e. The zero-order valence-corrected chi connectivity index (χ0v) is 20.4. The summed E-state index contributed by atoms with van der Waals surface area (Å²) in [5.41, 5.74) is -1.38. The lowest BCUT2D eigenvalue weighted by Crippen LogP contribution is -2.46. The average Bonchev–Trinajstić information content (AvgIpc) is 3.39. The zero-order valence-electron chi connectivity index (χ0n) is 20.4. The van der Waals surface area contributed by atoms with Gasteiger partial charge in [-0.3, -0.25) is 9.59 Å². The molecule has 3 aromatic carbocycles. The van der Waals surface area contributed by atoms with Gasteiger partial charge in [0.15, 0.2) is 0 Å². The first-order chi connectivity index (χ1) is 18.4. The number of hydrogen-bond donors (Lipinski definition) is 2. The van der Waals surface area contributed by atoms with Crippen molar-refractivity contribution >= 4 is 11.8 Å². The van der Waals surface area contributed by atoms with E-state index in [1.165, 1.54) is 41.3 Å². The lowest BCUT2D eigenvalue weighted by molar-refractivity contribution is -0.138. The van der Waals surface area contributed by atoms with Crippen molar-refractivity contribution in [3.8, 4) is 11.1 Å². The Kier molecular flexibility index (Phi) is 8.01. The fraction of sp³-hybridized carbons (Fsp3) is 0.286. The highest BCUT2D eigenvalue weighted by Crippen LogP contribution is 2.34. The molecule has 4 rings (SSSR count). The van der Waals surface area contributed by atoms with Gasteiger partial charge in [0.1, 0.15) is 6.04 Å². The van der Waals surface area contributed by atoms with E-state index in [1.807, 2.05) is 0 Å². The molecule has 3 aromatic rings. The van der Waals surface area contributed by atoms with Gasteiger partial charge in [-0.05, 0) is 59.9 Å². The summed E-state index contributed by atoms with van der Waals surface area (Å²) < 4.78 is 79.3. The minimum absolute atomic E-state index is 0.0159. The number of rotatable bonds is 6. The Morgan fingerprint density at radius 2 is 1.56 bits per heavy atom. The molecule has 5 nitrogen and oxygen atoms in total. The van der Waals surface area contributed by atoms with Gasteiger partial charge in [0, 0.05) is 12.1 Å². The van der Waals surface area contributed by atoms with Gasteiger partial charge >= 0.3 is 12.4 Å². The summed E-state index contributed by atoms with van der Waals surface area (Å²) in [5.74, 6) is -1.48. The van der Waals surface area contributed by atoms with Crippen LogP contribution in [0.5, 0.6) is 0 Å². The van der Waals surface area contributed by atoms with E-state index in [9.17, 15) is 41.0 Å². The predicted octanol–water partition coefficient (Wildman–Crippen LogP) is 5.85. The maximum Gasteiger partial charge on any atom is 0.416 e. The van der Waals surface area contributed by atoms with Crippen molar-refractivity contribution in [2.75, 3.05) is 13.2 Å². The fourth-order valence-corrected chi connectivity index (χ4v) is 4.64. The van der Waals surface area contributed by atoms with Gasteiger partial charge in [-0.1, -0.05) is 42.5 Å². The largest absolute Gasteiger partial charge is 0.416 e. The van der Waals surface area contributed by atoms with Crippen LogP contribution in [0, 0.1) is 0 Å². The van der Waals surface area contributed by atoms with E-state index in [-0.39, 0.29) is 29.8 Å². The van der Waals surface area contributed by atoms with E-state index >= 15 is 0 Å². The molecule has 2 amide bonds. The molecular weight excluding hydrogens is 526 g/mol. The Morgan fingerprint density at radius 1 is 0.897 bits per heavy atom. The standard InChI is InChI=1S/C28H24F6N2O3/c29-27(30,31)19-12-10-17(11-13-19)22-8-1-2-9-23(22)25(38)35-24(26(39)36-14-4-7-21(36)16-37)18-5-3-6-20(15-18)28(32,33)34/h1-3,5-6,8-13,15,21,24,37H,4,7,14,16H2,(H,35,38)/t21-,24?/m0/s1. The highest BCUT2D eigenvalue weighted by atomic mass is 19.4. The molecule has 0 aliphatic carbocycles. The monoisotopic (exact) mass is 550 g/mol. The molecule has 0 saturated carbocycles. The van der Waals surface area contributed by atoms with Crippen LogP contribution in [0.4, 0.5) is 26.3 Å². The van der Waals surface area contributed by atoms with Gasteiger partial charge in [0.05, 0.1) is 23.8 Å². The number of nitrogens with one attached hydrogen (secondary N) is 1. The van der Waals surface area contributed by atoms with Gasteiger partial charge in [0.2, 0.25) is 5.91 Å². The first-order valence-electron chi connectivity index (χ1n) is 12.1. The van der Waals surface area contributed by atoms with Crippen molar-refractivity contribution in [3.05, 3.63) is 95.1 Å². The second-order valence-corrected chi connectivity index (χ2v) is 9.16. The number of benzene rings is 3. The molecule has 1 heterocycles. The molecule has 1 fully saturated rings. The van der Waals surface area contributed by atoms with E-state index in [2.05, 4.69) is 5.32 Å². The summed E-state index contributed by atoms with van der Waals surface area (Å²) >= 11 is 0. The van der Waals surface area contributed by atoms with Gasteiger partial charge in [0.25, 0.3) is 5.91 Å². The number of hydrogen-bond acceptors (Lipinski definition) is 3. The number of carbonyl (C=O) groups excluding carboxylic acids is 2. The van der Waals surface area contributed by atoms with E-state index in [4.69, 9.17) is 0 Å². The van der Waals surface area contributed by atoms with Crippen LogP contribution in [0.2, 0.25) is 0 Å². The summed E-state index contributed by atoms with van der Waals surface area (Å²) in [6.45, 7) is -0.0801. The second kappa shape index (κ2) is 11.1. The van der Waals surface area contributed by atoms with Crippen LogP contribution >= 0.6 is 0 Å². The van der Waals surface area contributed by atoms with Crippen molar-refractivity contribution in [1.82, 2.24) is 10.2 Å². The second-order valence-electron chi connectivity index (χ2n) is 9.16. The molecule has 0 aromatic heterocycles. The quantitative estimate of drug-likeness (QED) is 0.379. The van der Waals surface area contributed by atoms with Crippen LogP contribution in [0.15, 0.2) is 72.8 Å². The van der Waals surface area contributed by atoms with Crippen molar-refractivity contribution < 1.29 is 41.0 Å². The number of aliphatic hydroxyl groups is 1. The van der Waals surface area contributed by atoms with Crippen molar-refractivity contribution in [2.24, 2.45) is 0 Å². The van der Waals surface area contributed by atoms with E-state index in [1.54, 1.807) is 6.07 Å². The maximum absolute atomic E-state index is 13.5. The molecule has 11 heteroatoms. The molecule has 1 aliphatic rings. The van der Waals surface area contributed by atoms with Crippen LogP contribution in [0.3, 0.4) is 0 Å². The van der Waals surface area contributed by atoms with E-state index in [0.717, 1.165) is 30.3 Å². The number of amides is 2. The minimum atomic E-state index is -4.69. The lowest BCUT2D eigenvalue weighted by Gasteiger charge is -2.29. The molecule has 2 N–H and O–H groups in total. The SMILES string of the molecule is O=C(NC(C(=O)N1CCC[C@H]1CO)c1cccc(C(F)(F)F)c1)c1ccccc1-c1ccc(C(F)(F)F)cc1. The van der Waals surface area contributed by atoms with Gasteiger partial charge in [-0.25, -0.2) is 0 Å². The third-order valence-corrected chi connectivity index (χ3v) is 6.64. The Morgan fingerprint density at radius 3 is 2.21 bits per heavy atom.